The van der Waals surface area contributed by atoms with Crippen LogP contribution < -0.4 is 21.8 Å². The SMILES string of the molecule is Cc1nc(-n2nc(-c3ccccc3)n[n+]2-c2ccccc2)sc1C.[Br-].[c]1nccs1. The van der Waals surface area contributed by atoms with E-state index in [4.69, 9.17) is 10.2 Å². The first-order valence-electron chi connectivity index (χ1n) is 8.93. The van der Waals surface area contributed by atoms with Crippen LogP contribution >= 0.6 is 22.7 Å². The number of benzene rings is 2. The van der Waals surface area contributed by atoms with E-state index in [2.05, 4.69) is 22.4 Å². The van der Waals surface area contributed by atoms with Gasteiger partial charge in [0.05, 0.1) is 16.4 Å². The minimum Gasteiger partial charge on any atom is -1.00 e. The minimum atomic E-state index is 0. The second-order valence-corrected chi connectivity index (χ2v) is 7.94. The van der Waals surface area contributed by atoms with Crippen LogP contribution in [-0.4, -0.2) is 25.0 Å². The molecule has 0 amide bonds. The van der Waals surface area contributed by atoms with Gasteiger partial charge in [0.2, 0.25) is 0 Å². The van der Waals surface area contributed by atoms with E-state index in [0.29, 0.717) is 5.82 Å². The summed E-state index contributed by atoms with van der Waals surface area (Å²) in [7, 11) is 0. The molecule has 0 bridgehead atoms. The fourth-order valence-corrected chi connectivity index (χ4v) is 3.69. The van der Waals surface area contributed by atoms with Gasteiger partial charge in [-0.2, -0.15) is 0 Å². The summed E-state index contributed by atoms with van der Waals surface area (Å²) in [6, 6.07) is 20.0. The van der Waals surface area contributed by atoms with Gasteiger partial charge in [-0.1, -0.05) is 47.7 Å². The highest BCUT2D eigenvalue weighted by Gasteiger charge is 2.25. The first kappa shape index (κ1) is 21.9. The summed E-state index contributed by atoms with van der Waals surface area (Å²) in [5, 5.41) is 12.1. The van der Waals surface area contributed by atoms with Crippen LogP contribution in [0, 0.1) is 19.4 Å². The Balaban J connectivity index is 0.000000376. The number of aryl methyl sites for hydroxylation is 2. The Morgan fingerprint density at radius 1 is 0.967 bits per heavy atom. The third-order valence-electron chi connectivity index (χ3n) is 4.07. The van der Waals surface area contributed by atoms with Crippen molar-refractivity contribution in [3.8, 4) is 22.2 Å². The molecule has 9 heteroatoms. The van der Waals surface area contributed by atoms with Crippen molar-refractivity contribution in [2.24, 2.45) is 0 Å². The molecule has 0 fully saturated rings. The van der Waals surface area contributed by atoms with Crippen molar-refractivity contribution >= 4 is 22.7 Å². The lowest BCUT2D eigenvalue weighted by atomic mass is 10.2. The summed E-state index contributed by atoms with van der Waals surface area (Å²) in [4.78, 5) is 13.0. The summed E-state index contributed by atoms with van der Waals surface area (Å²) in [6.07, 6.45) is 1.71. The number of aromatic nitrogens is 6. The zero-order chi connectivity index (χ0) is 20.1. The molecule has 0 unspecified atom stereocenters. The molecule has 151 valence electrons. The Hall–Kier alpha value is -2.75. The molecule has 2 aromatic carbocycles. The molecular weight excluding hydrogens is 480 g/mol. The van der Waals surface area contributed by atoms with Gasteiger partial charge in [0, 0.05) is 21.3 Å². The molecule has 30 heavy (non-hydrogen) atoms. The highest BCUT2D eigenvalue weighted by molar-refractivity contribution is 7.14. The lowest BCUT2D eigenvalue weighted by Crippen LogP contribution is -3.00. The first-order valence-corrected chi connectivity index (χ1v) is 10.6. The predicted molar refractivity (Wildman–Crippen MR) is 114 cm³/mol. The van der Waals surface area contributed by atoms with Crippen molar-refractivity contribution in [2.75, 3.05) is 0 Å². The Kier molecular flexibility index (Phi) is 7.56. The van der Waals surface area contributed by atoms with Gasteiger partial charge in [0.1, 0.15) is 0 Å². The topological polar surface area (TPSA) is 60.4 Å². The Bertz CT molecular complexity index is 1130. The molecule has 0 saturated heterocycles. The van der Waals surface area contributed by atoms with Gasteiger partial charge < -0.3 is 17.0 Å². The number of thiazole rings is 2. The van der Waals surface area contributed by atoms with Crippen LogP contribution in [-0.2, 0) is 0 Å². The molecular formula is C21H18BrN6S2. The van der Waals surface area contributed by atoms with Gasteiger partial charge in [0.15, 0.2) is 11.2 Å². The normalized spacial score (nSPS) is 10.1. The maximum atomic E-state index is 4.70. The van der Waals surface area contributed by atoms with E-state index in [1.54, 1.807) is 27.1 Å². The van der Waals surface area contributed by atoms with E-state index in [1.807, 2.05) is 73.0 Å². The van der Waals surface area contributed by atoms with E-state index >= 15 is 0 Å². The van der Waals surface area contributed by atoms with E-state index in [1.165, 1.54) is 16.2 Å². The van der Waals surface area contributed by atoms with Crippen molar-refractivity contribution in [1.82, 2.24) is 25.0 Å². The molecule has 5 rings (SSSR count). The molecule has 0 N–H and O–H groups in total. The quantitative estimate of drug-likeness (QED) is 0.351. The molecule has 5 aromatic rings. The zero-order valence-corrected chi connectivity index (χ0v) is 19.5. The maximum absolute atomic E-state index is 4.70. The molecule has 0 saturated carbocycles. The number of hydrogen-bond acceptors (Lipinski definition) is 6. The summed E-state index contributed by atoms with van der Waals surface area (Å²) < 4.78 is 0. The number of para-hydroxylation sites is 1. The van der Waals surface area contributed by atoms with Gasteiger partial charge >= 0.3 is 5.82 Å². The maximum Gasteiger partial charge on any atom is 0.340 e. The van der Waals surface area contributed by atoms with Gasteiger partial charge in [-0.15, -0.1) is 11.3 Å². The molecule has 3 aromatic heterocycles. The monoisotopic (exact) mass is 497 g/mol. The molecule has 1 radical (unpaired) electrons. The van der Waals surface area contributed by atoms with Crippen LogP contribution in [0.1, 0.15) is 10.6 Å². The number of hydrogen-bond donors (Lipinski definition) is 0. The van der Waals surface area contributed by atoms with Crippen LogP contribution in [0.15, 0.2) is 72.2 Å². The molecule has 3 heterocycles. The number of tetrazole rings is 1. The standard InChI is InChI=1S/C18H16N5S.C3H2NS.BrH/c1-13-14(2)24-18(19-13)23-21-17(15-9-5-3-6-10-15)20-22(23)16-11-7-4-8-12-16;1-2-5-3-4-1;/h3-12H,1-2H3;1-2H;1H/q+1;;/p-1. The first-order chi connectivity index (χ1) is 14.2. The van der Waals surface area contributed by atoms with Crippen LogP contribution in [0.25, 0.3) is 22.2 Å². The Labute approximate surface area is 193 Å². The van der Waals surface area contributed by atoms with E-state index in [0.717, 1.165) is 22.1 Å². The average Bonchev–Trinajstić information content (AvgIpc) is 3.52. The predicted octanol–water partition coefficient (Wildman–Crippen LogP) is 1.23. The number of halogens is 1. The van der Waals surface area contributed by atoms with Gasteiger partial charge in [-0.05, 0) is 48.0 Å². The summed E-state index contributed by atoms with van der Waals surface area (Å²) in [5.41, 5.74) is 5.59. The van der Waals surface area contributed by atoms with Crippen LogP contribution in [0.2, 0.25) is 0 Å². The average molecular weight is 498 g/mol. The Morgan fingerprint density at radius 2 is 1.67 bits per heavy atom. The third kappa shape index (κ3) is 5.05. The molecule has 0 aliphatic carbocycles. The second-order valence-electron chi connectivity index (χ2n) is 6.07. The molecule has 0 spiro atoms. The summed E-state index contributed by atoms with van der Waals surface area (Å²) in [6.45, 7) is 4.08. The fourth-order valence-electron chi connectivity index (χ4n) is 2.53. The van der Waals surface area contributed by atoms with Crippen LogP contribution in [0.4, 0.5) is 0 Å². The van der Waals surface area contributed by atoms with E-state index < -0.39 is 0 Å². The molecule has 0 aliphatic rings. The summed E-state index contributed by atoms with van der Waals surface area (Å²) in [5.74, 6) is 0.671. The highest BCUT2D eigenvalue weighted by atomic mass is 79.9. The van der Waals surface area contributed by atoms with Crippen LogP contribution in [0.3, 0.4) is 0 Å². The van der Waals surface area contributed by atoms with E-state index in [-0.39, 0.29) is 17.0 Å². The van der Waals surface area contributed by atoms with Crippen molar-refractivity contribution in [3.05, 3.63) is 88.3 Å². The second kappa shape index (κ2) is 10.3. The van der Waals surface area contributed by atoms with Gasteiger partial charge in [0.25, 0.3) is 5.13 Å². The van der Waals surface area contributed by atoms with Crippen LogP contribution in [0.5, 0.6) is 0 Å². The molecule has 0 atom stereocenters. The zero-order valence-electron chi connectivity index (χ0n) is 16.3. The van der Waals surface area contributed by atoms with Gasteiger partial charge in [-0.25, -0.2) is 9.97 Å². The lowest BCUT2D eigenvalue weighted by Gasteiger charge is -1.95. The summed E-state index contributed by atoms with van der Waals surface area (Å²) >= 11 is 3.09. The largest absolute Gasteiger partial charge is 1.00 e. The van der Waals surface area contributed by atoms with Gasteiger partial charge in [-0.3, -0.25) is 0 Å². The van der Waals surface area contributed by atoms with Crippen molar-refractivity contribution in [3.63, 3.8) is 0 Å². The minimum absolute atomic E-state index is 0. The molecule has 6 nitrogen and oxygen atoms in total. The fraction of sp³-hybridized carbons (Fsp3) is 0.0952. The van der Waals surface area contributed by atoms with Crippen molar-refractivity contribution in [2.45, 2.75) is 13.8 Å². The molecule has 0 aliphatic heterocycles. The lowest BCUT2D eigenvalue weighted by molar-refractivity contribution is -0.734. The highest BCUT2D eigenvalue weighted by Crippen LogP contribution is 2.20. The number of nitrogens with zero attached hydrogens (tertiary/aromatic N) is 6. The smallest absolute Gasteiger partial charge is 0.340 e. The third-order valence-corrected chi connectivity index (χ3v) is 5.58. The number of rotatable bonds is 3. The van der Waals surface area contributed by atoms with Crippen molar-refractivity contribution < 1.29 is 21.8 Å². The Morgan fingerprint density at radius 3 is 2.20 bits per heavy atom. The van der Waals surface area contributed by atoms with Crippen molar-refractivity contribution in [1.29, 1.82) is 0 Å². The van der Waals surface area contributed by atoms with E-state index in [9.17, 15) is 0 Å².